The summed E-state index contributed by atoms with van der Waals surface area (Å²) in [4.78, 5) is 10.7. The van der Waals surface area contributed by atoms with Crippen LogP contribution in [0.1, 0.15) is 10.5 Å². The van der Waals surface area contributed by atoms with E-state index in [9.17, 15) is 4.79 Å². The lowest BCUT2D eigenvalue weighted by atomic mass is 10.4. The molecule has 0 radical (unpaired) electrons. The topological polar surface area (TPSA) is 86.9 Å². The monoisotopic (exact) mass is 200 g/mol. The summed E-state index contributed by atoms with van der Waals surface area (Å²) in [5.41, 5.74) is 12.2. The number of nitrogen functional groups attached to an aromatic ring is 1. The first-order valence-corrected chi connectivity index (χ1v) is 3.96. The Morgan fingerprint density at radius 3 is 2.92 bits per heavy atom. The second-order valence-electron chi connectivity index (χ2n) is 2.38. The van der Waals surface area contributed by atoms with Crippen LogP contribution in [0.25, 0.3) is 0 Å². The molecule has 0 aromatic carbocycles. The fraction of sp³-hybridized carbons (Fsp3) is 0.143. The van der Waals surface area contributed by atoms with Gasteiger partial charge in [0.1, 0.15) is 0 Å². The van der Waals surface area contributed by atoms with E-state index in [1.807, 2.05) is 0 Å². The zero-order chi connectivity index (χ0) is 9.84. The molecule has 1 amide bonds. The Morgan fingerprint density at radius 2 is 2.46 bits per heavy atom. The molecule has 0 saturated carbocycles. The van der Waals surface area contributed by atoms with Crippen molar-refractivity contribution in [2.45, 2.75) is 6.54 Å². The number of anilines is 1. The SMILES string of the molecule is NC(=O)c1nn(C/C=C/Cl)cc1N. The van der Waals surface area contributed by atoms with Crippen molar-refractivity contribution in [3.63, 3.8) is 0 Å². The largest absolute Gasteiger partial charge is 0.396 e. The normalized spacial score (nSPS) is 10.8. The summed E-state index contributed by atoms with van der Waals surface area (Å²) in [5.74, 6) is -0.633. The van der Waals surface area contributed by atoms with E-state index < -0.39 is 5.91 Å². The van der Waals surface area contributed by atoms with E-state index in [1.165, 1.54) is 16.4 Å². The van der Waals surface area contributed by atoms with Gasteiger partial charge in [-0.3, -0.25) is 9.48 Å². The fourth-order valence-electron chi connectivity index (χ4n) is 0.870. The number of halogens is 1. The van der Waals surface area contributed by atoms with Gasteiger partial charge in [0, 0.05) is 11.7 Å². The summed E-state index contributed by atoms with van der Waals surface area (Å²) in [7, 11) is 0. The summed E-state index contributed by atoms with van der Waals surface area (Å²) < 4.78 is 1.48. The minimum absolute atomic E-state index is 0.0861. The summed E-state index contributed by atoms with van der Waals surface area (Å²) in [6.45, 7) is 0.459. The lowest BCUT2D eigenvalue weighted by Crippen LogP contribution is -2.14. The van der Waals surface area contributed by atoms with Crippen LogP contribution in [0.5, 0.6) is 0 Å². The van der Waals surface area contributed by atoms with Gasteiger partial charge in [-0.25, -0.2) is 0 Å². The zero-order valence-electron chi connectivity index (χ0n) is 6.77. The molecular formula is C7H9ClN4O. The van der Waals surface area contributed by atoms with Crippen LogP contribution < -0.4 is 11.5 Å². The van der Waals surface area contributed by atoms with Gasteiger partial charge in [-0.15, -0.1) is 0 Å². The van der Waals surface area contributed by atoms with Gasteiger partial charge in [-0.2, -0.15) is 5.10 Å². The van der Waals surface area contributed by atoms with Crippen LogP contribution in [0, 0.1) is 0 Å². The molecule has 13 heavy (non-hydrogen) atoms. The number of hydrogen-bond acceptors (Lipinski definition) is 3. The van der Waals surface area contributed by atoms with E-state index in [1.54, 1.807) is 6.08 Å². The fourth-order valence-corrected chi connectivity index (χ4v) is 0.949. The van der Waals surface area contributed by atoms with Crippen molar-refractivity contribution in [1.29, 1.82) is 0 Å². The molecule has 0 atom stereocenters. The number of carbonyl (C=O) groups is 1. The van der Waals surface area contributed by atoms with Crippen LogP contribution >= 0.6 is 11.6 Å². The third kappa shape index (κ3) is 2.22. The average Bonchev–Trinajstić information content (AvgIpc) is 2.43. The number of nitrogens with two attached hydrogens (primary N) is 2. The van der Waals surface area contributed by atoms with E-state index in [2.05, 4.69) is 5.10 Å². The average molecular weight is 201 g/mol. The molecule has 5 nitrogen and oxygen atoms in total. The van der Waals surface area contributed by atoms with Crippen molar-refractivity contribution in [1.82, 2.24) is 9.78 Å². The molecule has 0 saturated heterocycles. The number of hydrogen-bond donors (Lipinski definition) is 2. The number of primary amides is 1. The highest BCUT2D eigenvalue weighted by Crippen LogP contribution is 2.07. The molecule has 0 fully saturated rings. The molecule has 6 heteroatoms. The van der Waals surface area contributed by atoms with Crippen molar-refractivity contribution in [2.24, 2.45) is 5.73 Å². The molecule has 0 spiro atoms. The highest BCUT2D eigenvalue weighted by molar-refractivity contribution is 6.25. The Kier molecular flexibility index (Phi) is 2.92. The van der Waals surface area contributed by atoms with Crippen LogP contribution in [0.4, 0.5) is 5.69 Å². The van der Waals surface area contributed by atoms with Crippen molar-refractivity contribution >= 4 is 23.2 Å². The van der Waals surface area contributed by atoms with Gasteiger partial charge in [0.15, 0.2) is 5.69 Å². The molecule has 0 aliphatic carbocycles. The molecule has 70 valence electrons. The molecule has 0 aliphatic heterocycles. The van der Waals surface area contributed by atoms with E-state index in [-0.39, 0.29) is 11.4 Å². The van der Waals surface area contributed by atoms with Gasteiger partial charge in [-0.1, -0.05) is 17.7 Å². The first-order valence-electron chi connectivity index (χ1n) is 3.53. The molecule has 1 aromatic rings. The van der Waals surface area contributed by atoms with Gasteiger partial charge < -0.3 is 11.5 Å². The lowest BCUT2D eigenvalue weighted by Gasteiger charge is -1.91. The Labute approximate surface area is 80.0 Å². The number of nitrogens with zero attached hydrogens (tertiary/aromatic N) is 2. The van der Waals surface area contributed by atoms with Crippen LogP contribution in [-0.4, -0.2) is 15.7 Å². The van der Waals surface area contributed by atoms with E-state index >= 15 is 0 Å². The predicted molar refractivity (Wildman–Crippen MR) is 50.2 cm³/mol. The Balaban J connectivity index is 2.88. The quantitative estimate of drug-likeness (QED) is 0.737. The molecule has 0 bridgehead atoms. The molecule has 1 aromatic heterocycles. The third-order valence-corrected chi connectivity index (χ3v) is 1.58. The molecular weight excluding hydrogens is 192 g/mol. The van der Waals surface area contributed by atoms with Crippen LogP contribution in [-0.2, 0) is 6.54 Å². The predicted octanol–water partition coefficient (Wildman–Crippen LogP) is 0.317. The zero-order valence-corrected chi connectivity index (χ0v) is 7.53. The second-order valence-corrected chi connectivity index (χ2v) is 2.63. The van der Waals surface area contributed by atoms with E-state index in [4.69, 9.17) is 23.1 Å². The minimum atomic E-state index is -0.633. The van der Waals surface area contributed by atoms with Crippen molar-refractivity contribution in [3.8, 4) is 0 Å². The number of aromatic nitrogens is 2. The standard InChI is InChI=1S/C7H9ClN4O/c8-2-1-3-12-4-5(9)6(11-12)7(10)13/h1-2,4H,3,9H2,(H2,10,13)/b2-1+. The maximum absolute atomic E-state index is 10.7. The molecule has 1 heterocycles. The Bertz CT molecular complexity index is 344. The lowest BCUT2D eigenvalue weighted by molar-refractivity contribution is 0.0995. The Hall–Kier alpha value is -1.49. The highest BCUT2D eigenvalue weighted by Gasteiger charge is 2.09. The van der Waals surface area contributed by atoms with E-state index in [0.29, 0.717) is 6.54 Å². The second kappa shape index (κ2) is 3.95. The number of carbonyl (C=O) groups excluding carboxylic acids is 1. The van der Waals surface area contributed by atoms with Crippen molar-refractivity contribution < 1.29 is 4.79 Å². The van der Waals surface area contributed by atoms with Crippen molar-refractivity contribution in [3.05, 3.63) is 23.5 Å². The van der Waals surface area contributed by atoms with Crippen LogP contribution in [0.2, 0.25) is 0 Å². The van der Waals surface area contributed by atoms with E-state index in [0.717, 1.165) is 0 Å². The van der Waals surface area contributed by atoms with Crippen LogP contribution in [0.15, 0.2) is 17.8 Å². The first-order chi connectivity index (χ1) is 6.15. The smallest absolute Gasteiger partial charge is 0.271 e. The summed E-state index contributed by atoms with van der Waals surface area (Å²) in [6.07, 6.45) is 3.19. The summed E-state index contributed by atoms with van der Waals surface area (Å²) in [6, 6.07) is 0. The maximum Gasteiger partial charge on any atom is 0.271 e. The third-order valence-electron chi connectivity index (χ3n) is 1.40. The molecule has 1 rings (SSSR count). The van der Waals surface area contributed by atoms with Gasteiger partial charge in [-0.05, 0) is 0 Å². The van der Waals surface area contributed by atoms with Crippen molar-refractivity contribution in [2.75, 3.05) is 5.73 Å². The van der Waals surface area contributed by atoms with Crippen LogP contribution in [0.3, 0.4) is 0 Å². The van der Waals surface area contributed by atoms with Gasteiger partial charge in [0.2, 0.25) is 0 Å². The van der Waals surface area contributed by atoms with Gasteiger partial charge in [0.05, 0.1) is 12.2 Å². The molecule has 0 aliphatic rings. The molecule has 4 N–H and O–H groups in total. The number of amides is 1. The first kappa shape index (κ1) is 9.60. The Morgan fingerprint density at radius 1 is 1.77 bits per heavy atom. The summed E-state index contributed by atoms with van der Waals surface area (Å²) in [5, 5.41) is 3.85. The number of rotatable bonds is 3. The van der Waals surface area contributed by atoms with Gasteiger partial charge >= 0.3 is 0 Å². The number of allylic oxidation sites excluding steroid dienone is 1. The minimum Gasteiger partial charge on any atom is -0.396 e. The highest BCUT2D eigenvalue weighted by atomic mass is 35.5. The maximum atomic E-state index is 10.7. The van der Waals surface area contributed by atoms with Gasteiger partial charge in [0.25, 0.3) is 5.91 Å². The summed E-state index contributed by atoms with van der Waals surface area (Å²) >= 11 is 5.32. The molecule has 0 unspecified atom stereocenters.